The Kier molecular flexibility index (Phi) is 3.38. The minimum Gasteiger partial charge on any atom is -0.122 e. The Hall–Kier alpha value is 1.30. The van der Waals surface area contributed by atoms with Gasteiger partial charge in [-0.3, -0.25) is 0 Å². The normalized spacial score (nSPS) is 36.0. The van der Waals surface area contributed by atoms with Crippen LogP contribution in [0.1, 0.15) is 19.3 Å². The summed E-state index contributed by atoms with van der Waals surface area (Å²) in [5, 5.41) is 0.242. The van der Waals surface area contributed by atoms with E-state index in [1.165, 1.54) is 6.42 Å². The first kappa shape index (κ1) is 8.40. The lowest BCUT2D eigenvalue weighted by Gasteiger charge is -2.12. The lowest BCUT2D eigenvalue weighted by molar-refractivity contribution is 0.888. The first-order valence-corrected chi connectivity index (χ1v) is 6.62. The smallest absolute Gasteiger partial charge is 0.0900 e. The minimum atomic E-state index is -0.828. The van der Waals surface area contributed by atoms with Crippen molar-refractivity contribution >= 4 is 40.7 Å². The fourth-order valence-corrected chi connectivity index (χ4v) is 4.25. The second-order valence-electron chi connectivity index (χ2n) is 2.27. The first-order valence-electron chi connectivity index (χ1n) is 2.96. The van der Waals surface area contributed by atoms with Crippen LogP contribution >= 0.6 is 40.7 Å². The lowest BCUT2D eigenvalue weighted by atomic mass is 10.4. The summed E-state index contributed by atoms with van der Waals surface area (Å²) >= 11 is 17.4. The van der Waals surface area contributed by atoms with Crippen molar-refractivity contribution in [1.82, 2.24) is 0 Å². The van der Waals surface area contributed by atoms with Crippen molar-refractivity contribution in [3.8, 4) is 0 Å². The van der Waals surface area contributed by atoms with Crippen molar-refractivity contribution in [1.29, 1.82) is 0 Å². The molecular formula is C5H8Cl3P. The van der Waals surface area contributed by atoms with Crippen molar-refractivity contribution in [2.24, 2.45) is 0 Å². The van der Waals surface area contributed by atoms with Crippen LogP contribution in [-0.4, -0.2) is 11.0 Å². The summed E-state index contributed by atoms with van der Waals surface area (Å²) in [4.78, 5) is 0. The van der Waals surface area contributed by atoms with Gasteiger partial charge in [0, 0.05) is 11.0 Å². The maximum absolute atomic E-state index is 5.92. The van der Waals surface area contributed by atoms with Gasteiger partial charge in [-0.15, -0.1) is 11.6 Å². The van der Waals surface area contributed by atoms with E-state index in [2.05, 4.69) is 0 Å². The molecule has 0 spiro atoms. The highest BCUT2D eigenvalue weighted by molar-refractivity contribution is 8.04. The van der Waals surface area contributed by atoms with E-state index in [1.54, 1.807) is 0 Å². The van der Waals surface area contributed by atoms with E-state index in [9.17, 15) is 0 Å². The molecule has 0 aromatic heterocycles. The van der Waals surface area contributed by atoms with Crippen LogP contribution in [0.25, 0.3) is 0 Å². The third kappa shape index (κ3) is 2.12. The Morgan fingerprint density at radius 1 is 1.22 bits per heavy atom. The van der Waals surface area contributed by atoms with Gasteiger partial charge in [-0.1, -0.05) is 28.9 Å². The zero-order valence-corrected chi connectivity index (χ0v) is 8.02. The Morgan fingerprint density at radius 3 is 2.11 bits per heavy atom. The molecule has 2 atom stereocenters. The summed E-state index contributed by atoms with van der Waals surface area (Å²) in [6.07, 6.45) is 3.40. The molecule has 0 radical (unpaired) electrons. The highest BCUT2D eigenvalue weighted by Gasteiger charge is 2.30. The van der Waals surface area contributed by atoms with Gasteiger partial charge in [0.2, 0.25) is 0 Å². The molecule has 0 unspecified atom stereocenters. The van der Waals surface area contributed by atoms with Gasteiger partial charge in [0.25, 0.3) is 0 Å². The van der Waals surface area contributed by atoms with Gasteiger partial charge >= 0.3 is 0 Å². The second-order valence-corrected chi connectivity index (χ2v) is 6.72. The van der Waals surface area contributed by atoms with Crippen LogP contribution in [0, 0.1) is 0 Å². The van der Waals surface area contributed by atoms with Crippen LogP contribution in [0.5, 0.6) is 0 Å². The van der Waals surface area contributed by atoms with Crippen molar-refractivity contribution in [2.45, 2.75) is 30.3 Å². The van der Waals surface area contributed by atoms with E-state index in [-0.39, 0.29) is 5.38 Å². The monoisotopic (exact) mass is 204 g/mol. The maximum atomic E-state index is 5.92. The molecule has 1 saturated carbocycles. The fourth-order valence-electron chi connectivity index (χ4n) is 1.12. The van der Waals surface area contributed by atoms with Crippen LogP contribution < -0.4 is 0 Å². The molecule has 0 heterocycles. The molecule has 1 aliphatic carbocycles. The third-order valence-corrected chi connectivity index (χ3v) is 4.97. The predicted octanol–water partition coefficient (Wildman–Crippen LogP) is 3.94. The molecule has 0 nitrogen and oxygen atoms in total. The molecule has 1 aliphatic rings. The zero-order valence-electron chi connectivity index (χ0n) is 4.86. The van der Waals surface area contributed by atoms with Crippen molar-refractivity contribution in [2.75, 3.05) is 0 Å². The van der Waals surface area contributed by atoms with E-state index in [0.29, 0.717) is 5.66 Å². The van der Waals surface area contributed by atoms with Crippen LogP contribution in [0.3, 0.4) is 0 Å². The number of halogens is 3. The standard InChI is InChI=1S/C5H8Cl3P/c6-4-2-1-3-5(4)9(7)8/h4-5H,1-3H2/t4-,5-/m0/s1. The molecule has 0 aromatic carbocycles. The Bertz CT molecular complexity index is 96.2. The SMILES string of the molecule is Cl[C@H]1CCC[C@@H]1P(Cl)Cl. The van der Waals surface area contributed by atoms with Gasteiger partial charge in [-0.2, -0.15) is 0 Å². The summed E-state index contributed by atoms with van der Waals surface area (Å²) < 4.78 is 0. The lowest BCUT2D eigenvalue weighted by Crippen LogP contribution is -2.07. The molecule has 9 heavy (non-hydrogen) atoms. The molecule has 0 amide bonds. The molecule has 0 aliphatic heterocycles. The van der Waals surface area contributed by atoms with Crippen LogP contribution in [0.4, 0.5) is 0 Å². The Balaban J connectivity index is 2.40. The summed E-state index contributed by atoms with van der Waals surface area (Å²) in [5.74, 6) is 0. The maximum Gasteiger partial charge on any atom is 0.0900 e. The quantitative estimate of drug-likeness (QED) is 0.449. The van der Waals surface area contributed by atoms with E-state index in [0.717, 1.165) is 12.8 Å². The van der Waals surface area contributed by atoms with Crippen LogP contribution in [0.2, 0.25) is 0 Å². The van der Waals surface area contributed by atoms with Crippen LogP contribution in [-0.2, 0) is 0 Å². The molecule has 0 saturated heterocycles. The molecular weight excluding hydrogens is 197 g/mol. The van der Waals surface area contributed by atoms with Gasteiger partial charge < -0.3 is 0 Å². The van der Waals surface area contributed by atoms with Crippen LogP contribution in [0.15, 0.2) is 0 Å². The van der Waals surface area contributed by atoms with E-state index < -0.39 is 6.63 Å². The van der Waals surface area contributed by atoms with Gasteiger partial charge in [0.05, 0.1) is 6.63 Å². The van der Waals surface area contributed by atoms with Crippen molar-refractivity contribution < 1.29 is 0 Å². The number of hydrogen-bond donors (Lipinski definition) is 0. The Labute approximate surface area is 71.2 Å². The molecule has 54 valence electrons. The average Bonchev–Trinajstić information content (AvgIpc) is 2.13. The van der Waals surface area contributed by atoms with Gasteiger partial charge in [0.1, 0.15) is 0 Å². The van der Waals surface area contributed by atoms with Gasteiger partial charge in [-0.25, -0.2) is 0 Å². The van der Waals surface area contributed by atoms with E-state index >= 15 is 0 Å². The summed E-state index contributed by atoms with van der Waals surface area (Å²) in [7, 11) is 0. The minimum absolute atomic E-state index is 0.242. The summed E-state index contributed by atoms with van der Waals surface area (Å²) in [5.41, 5.74) is 0.394. The number of hydrogen-bond acceptors (Lipinski definition) is 0. The molecule has 0 aromatic rings. The number of alkyl halides is 1. The molecule has 1 fully saturated rings. The van der Waals surface area contributed by atoms with E-state index in [1.807, 2.05) is 0 Å². The first-order chi connectivity index (χ1) is 4.22. The highest BCUT2D eigenvalue weighted by atomic mass is 35.9. The molecule has 4 heteroatoms. The fraction of sp³-hybridized carbons (Fsp3) is 1.00. The molecule has 0 bridgehead atoms. The predicted molar refractivity (Wildman–Crippen MR) is 45.9 cm³/mol. The second kappa shape index (κ2) is 3.62. The molecule has 0 N–H and O–H groups in total. The summed E-state index contributed by atoms with van der Waals surface area (Å²) in [6, 6.07) is 0. The largest absolute Gasteiger partial charge is 0.122 e. The number of rotatable bonds is 1. The molecule has 1 rings (SSSR count). The zero-order chi connectivity index (χ0) is 6.85. The van der Waals surface area contributed by atoms with Crippen molar-refractivity contribution in [3.05, 3.63) is 0 Å². The third-order valence-electron chi connectivity index (χ3n) is 1.65. The van der Waals surface area contributed by atoms with Crippen molar-refractivity contribution in [3.63, 3.8) is 0 Å². The Morgan fingerprint density at radius 2 is 1.89 bits per heavy atom. The summed E-state index contributed by atoms with van der Waals surface area (Å²) in [6.45, 7) is -0.828. The topological polar surface area (TPSA) is 0 Å². The van der Waals surface area contributed by atoms with Gasteiger partial charge in [-0.05, 0) is 12.8 Å². The highest BCUT2D eigenvalue weighted by Crippen LogP contribution is 2.57. The van der Waals surface area contributed by atoms with E-state index in [4.69, 9.17) is 34.1 Å². The average molecular weight is 205 g/mol. The van der Waals surface area contributed by atoms with Gasteiger partial charge in [0.15, 0.2) is 0 Å².